The Balaban J connectivity index is 4.68. The average Bonchev–Trinajstić information content (AvgIpc) is 2.34. The van der Waals surface area contributed by atoms with Gasteiger partial charge in [0.05, 0.1) is 12.0 Å². The normalized spacial score (nSPS) is 14.7. The Kier molecular flexibility index (Phi) is 8.46. The minimum atomic E-state index is -1.03. The van der Waals surface area contributed by atoms with Crippen LogP contribution in [-0.4, -0.2) is 33.7 Å². The molecule has 1 amide bonds. The molecule has 2 atom stereocenters. The van der Waals surface area contributed by atoms with E-state index in [-0.39, 0.29) is 18.2 Å². The van der Waals surface area contributed by atoms with Crippen LogP contribution in [0.25, 0.3) is 0 Å². The molecule has 0 heterocycles. The molecule has 0 aliphatic carbocycles. The number of hydrogen-bond donors (Lipinski definition) is 3. The lowest BCUT2D eigenvalue weighted by Gasteiger charge is -2.28. The zero-order chi connectivity index (χ0) is 15.8. The van der Waals surface area contributed by atoms with Gasteiger partial charge in [0.25, 0.3) is 0 Å². The number of amides is 1. The summed E-state index contributed by atoms with van der Waals surface area (Å²) in [6, 6.07) is -0.889. The van der Waals surface area contributed by atoms with Crippen LogP contribution in [0.15, 0.2) is 0 Å². The summed E-state index contributed by atoms with van der Waals surface area (Å²) in [5.41, 5.74) is -1.02. The van der Waals surface area contributed by atoms with E-state index in [0.29, 0.717) is 19.3 Å². The van der Waals surface area contributed by atoms with E-state index in [9.17, 15) is 14.7 Å². The molecule has 118 valence electrons. The van der Waals surface area contributed by atoms with E-state index in [4.69, 9.17) is 5.11 Å². The van der Waals surface area contributed by atoms with Gasteiger partial charge in [-0.05, 0) is 18.8 Å². The van der Waals surface area contributed by atoms with Gasteiger partial charge in [-0.25, -0.2) is 4.79 Å². The van der Waals surface area contributed by atoms with Gasteiger partial charge in [0.2, 0.25) is 5.91 Å². The second-order valence-corrected chi connectivity index (χ2v) is 5.67. The Bertz CT molecular complexity index is 311. The van der Waals surface area contributed by atoms with E-state index in [2.05, 4.69) is 5.32 Å². The SMILES string of the molecule is CCCC(O)(CCC)CC(=O)NC(C(=O)O)C(C)CC. The summed E-state index contributed by atoms with van der Waals surface area (Å²) in [6.45, 7) is 7.59. The first kappa shape index (κ1) is 18.9. The molecule has 0 radical (unpaired) electrons. The lowest BCUT2D eigenvalue weighted by molar-refractivity contribution is -0.144. The van der Waals surface area contributed by atoms with E-state index in [1.807, 2.05) is 20.8 Å². The highest BCUT2D eigenvalue weighted by Gasteiger charge is 2.31. The number of rotatable bonds is 10. The molecule has 0 bridgehead atoms. The first-order valence-corrected chi connectivity index (χ1v) is 7.54. The van der Waals surface area contributed by atoms with Crippen molar-refractivity contribution in [2.75, 3.05) is 0 Å². The molecule has 0 rings (SSSR count). The molecule has 3 N–H and O–H groups in total. The van der Waals surface area contributed by atoms with Crippen molar-refractivity contribution in [2.45, 2.75) is 77.9 Å². The molecule has 0 saturated heterocycles. The van der Waals surface area contributed by atoms with Gasteiger partial charge < -0.3 is 15.5 Å². The Labute approximate surface area is 121 Å². The maximum absolute atomic E-state index is 12.0. The molecule has 0 saturated carbocycles. The van der Waals surface area contributed by atoms with Crippen molar-refractivity contribution >= 4 is 11.9 Å². The van der Waals surface area contributed by atoms with Gasteiger partial charge >= 0.3 is 5.97 Å². The van der Waals surface area contributed by atoms with Crippen molar-refractivity contribution in [1.29, 1.82) is 0 Å². The fourth-order valence-corrected chi connectivity index (χ4v) is 2.44. The van der Waals surface area contributed by atoms with E-state index in [1.165, 1.54) is 0 Å². The fourth-order valence-electron chi connectivity index (χ4n) is 2.44. The quantitative estimate of drug-likeness (QED) is 0.575. The minimum absolute atomic E-state index is 0.0328. The van der Waals surface area contributed by atoms with Crippen LogP contribution in [0, 0.1) is 5.92 Å². The maximum Gasteiger partial charge on any atom is 0.326 e. The second-order valence-electron chi connectivity index (χ2n) is 5.67. The highest BCUT2D eigenvalue weighted by molar-refractivity contribution is 5.84. The Hall–Kier alpha value is -1.10. The van der Waals surface area contributed by atoms with E-state index >= 15 is 0 Å². The monoisotopic (exact) mass is 287 g/mol. The van der Waals surface area contributed by atoms with E-state index < -0.39 is 17.6 Å². The first-order valence-electron chi connectivity index (χ1n) is 7.54. The van der Waals surface area contributed by atoms with Gasteiger partial charge in [-0.1, -0.05) is 47.0 Å². The van der Waals surface area contributed by atoms with Crippen molar-refractivity contribution < 1.29 is 19.8 Å². The number of hydrogen-bond acceptors (Lipinski definition) is 3. The molecule has 20 heavy (non-hydrogen) atoms. The summed E-state index contributed by atoms with van der Waals surface area (Å²) in [4.78, 5) is 23.2. The summed E-state index contributed by atoms with van der Waals surface area (Å²) >= 11 is 0. The lowest BCUT2D eigenvalue weighted by Crippen LogP contribution is -2.47. The van der Waals surface area contributed by atoms with Crippen molar-refractivity contribution in [1.82, 2.24) is 5.32 Å². The molecule has 0 spiro atoms. The molecule has 5 nitrogen and oxygen atoms in total. The standard InChI is InChI=1S/C15H29NO4/c1-5-8-15(20,9-6-2)10-12(17)16-13(14(18)19)11(4)7-3/h11,13,20H,5-10H2,1-4H3,(H,16,17)(H,18,19). The first-order chi connectivity index (χ1) is 9.29. The molecule has 0 aromatic rings. The van der Waals surface area contributed by atoms with E-state index in [1.54, 1.807) is 6.92 Å². The predicted molar refractivity (Wildman–Crippen MR) is 78.4 cm³/mol. The third kappa shape index (κ3) is 6.37. The van der Waals surface area contributed by atoms with Crippen LogP contribution in [-0.2, 0) is 9.59 Å². The Morgan fingerprint density at radius 1 is 1.15 bits per heavy atom. The van der Waals surface area contributed by atoms with E-state index in [0.717, 1.165) is 12.8 Å². The number of carbonyl (C=O) groups excluding carboxylic acids is 1. The van der Waals surface area contributed by atoms with Crippen molar-refractivity contribution in [3.8, 4) is 0 Å². The maximum atomic E-state index is 12.0. The summed E-state index contributed by atoms with van der Waals surface area (Å²) in [7, 11) is 0. The van der Waals surface area contributed by atoms with Crippen LogP contribution in [0.2, 0.25) is 0 Å². The van der Waals surface area contributed by atoms with Crippen LogP contribution in [0.1, 0.15) is 66.2 Å². The number of carboxylic acid groups (broad SMARTS) is 1. The average molecular weight is 287 g/mol. The minimum Gasteiger partial charge on any atom is -0.480 e. The third-order valence-corrected chi connectivity index (χ3v) is 3.72. The number of aliphatic hydroxyl groups is 1. The molecule has 0 fully saturated rings. The molecular weight excluding hydrogens is 258 g/mol. The summed E-state index contributed by atoms with van der Waals surface area (Å²) in [6.07, 6.45) is 3.32. The Morgan fingerprint density at radius 3 is 2.00 bits per heavy atom. The van der Waals surface area contributed by atoms with Crippen molar-refractivity contribution in [3.05, 3.63) is 0 Å². The highest BCUT2D eigenvalue weighted by atomic mass is 16.4. The largest absolute Gasteiger partial charge is 0.480 e. The number of carboxylic acids is 1. The van der Waals surface area contributed by atoms with Gasteiger partial charge in [0.1, 0.15) is 6.04 Å². The molecule has 5 heteroatoms. The van der Waals surface area contributed by atoms with Crippen LogP contribution in [0.4, 0.5) is 0 Å². The highest BCUT2D eigenvalue weighted by Crippen LogP contribution is 2.23. The fraction of sp³-hybridized carbons (Fsp3) is 0.867. The van der Waals surface area contributed by atoms with Crippen molar-refractivity contribution in [2.24, 2.45) is 5.92 Å². The molecular formula is C15H29NO4. The lowest BCUT2D eigenvalue weighted by atomic mass is 9.88. The topological polar surface area (TPSA) is 86.6 Å². The van der Waals surface area contributed by atoms with Gasteiger partial charge in [-0.2, -0.15) is 0 Å². The molecule has 0 aliphatic rings. The Morgan fingerprint density at radius 2 is 1.65 bits per heavy atom. The van der Waals surface area contributed by atoms with Gasteiger partial charge in [0.15, 0.2) is 0 Å². The van der Waals surface area contributed by atoms with Gasteiger partial charge in [0, 0.05) is 0 Å². The smallest absolute Gasteiger partial charge is 0.326 e. The predicted octanol–water partition coefficient (Wildman–Crippen LogP) is 2.32. The van der Waals surface area contributed by atoms with Crippen LogP contribution < -0.4 is 5.32 Å². The van der Waals surface area contributed by atoms with Crippen molar-refractivity contribution in [3.63, 3.8) is 0 Å². The summed E-state index contributed by atoms with van der Waals surface area (Å²) in [5, 5.41) is 22.1. The molecule has 0 aromatic carbocycles. The van der Waals surface area contributed by atoms with Crippen LogP contribution >= 0.6 is 0 Å². The second kappa shape index (κ2) is 8.95. The zero-order valence-corrected chi connectivity index (χ0v) is 13.1. The molecule has 0 aromatic heterocycles. The molecule has 2 unspecified atom stereocenters. The zero-order valence-electron chi connectivity index (χ0n) is 13.1. The number of carbonyl (C=O) groups is 2. The third-order valence-electron chi connectivity index (χ3n) is 3.72. The van der Waals surface area contributed by atoms with Crippen LogP contribution in [0.5, 0.6) is 0 Å². The number of nitrogens with one attached hydrogen (secondary N) is 1. The van der Waals surface area contributed by atoms with Crippen LogP contribution in [0.3, 0.4) is 0 Å². The number of aliphatic carboxylic acids is 1. The summed E-state index contributed by atoms with van der Waals surface area (Å²) < 4.78 is 0. The van der Waals surface area contributed by atoms with Gasteiger partial charge in [-0.15, -0.1) is 0 Å². The summed E-state index contributed by atoms with van der Waals surface area (Å²) in [5.74, 6) is -1.55. The molecule has 0 aliphatic heterocycles. The van der Waals surface area contributed by atoms with Gasteiger partial charge in [-0.3, -0.25) is 4.79 Å².